The van der Waals surface area contributed by atoms with Crippen LogP contribution in [-0.4, -0.2) is 48.3 Å². The Labute approximate surface area is 217 Å². The maximum Gasteiger partial charge on any atom is 0.264 e. The van der Waals surface area contributed by atoms with E-state index in [-0.39, 0.29) is 11.4 Å². The molecule has 3 aromatic rings. The number of hydrogen-bond acceptors (Lipinski definition) is 7. The molecule has 0 aromatic heterocycles. The highest BCUT2D eigenvalue weighted by atomic mass is 32.2. The molecule has 0 saturated carbocycles. The molecule has 0 aliphatic carbocycles. The highest BCUT2D eigenvalue weighted by molar-refractivity contribution is 7.92. The minimum atomic E-state index is -4.00. The number of nitrogens with one attached hydrogen (secondary N) is 1. The van der Waals surface area contributed by atoms with Crippen molar-refractivity contribution < 1.29 is 32.2 Å². The van der Waals surface area contributed by atoms with E-state index in [2.05, 4.69) is 5.32 Å². The fraction of sp³-hybridized carbons (Fsp3) is 0.296. The molecular formula is C27H30N2O7S. The molecule has 0 bridgehead atoms. The number of aryl methyl sites for hydroxylation is 1. The zero-order valence-corrected chi connectivity index (χ0v) is 22.2. The molecule has 0 fully saturated rings. The number of ether oxygens (including phenoxy) is 4. The van der Waals surface area contributed by atoms with Gasteiger partial charge in [0.15, 0.2) is 6.10 Å². The molecule has 1 aliphatic heterocycles. The fourth-order valence-corrected chi connectivity index (χ4v) is 5.64. The number of amides is 1. The second kappa shape index (κ2) is 10.6. The third-order valence-electron chi connectivity index (χ3n) is 6.19. The Kier molecular flexibility index (Phi) is 7.49. The van der Waals surface area contributed by atoms with E-state index in [4.69, 9.17) is 18.9 Å². The van der Waals surface area contributed by atoms with Gasteiger partial charge in [0.25, 0.3) is 15.9 Å². The van der Waals surface area contributed by atoms with Gasteiger partial charge >= 0.3 is 0 Å². The van der Waals surface area contributed by atoms with Gasteiger partial charge in [0, 0.05) is 5.56 Å². The lowest BCUT2D eigenvalue weighted by atomic mass is 10.1. The molecule has 0 radical (unpaired) electrons. The summed E-state index contributed by atoms with van der Waals surface area (Å²) < 4.78 is 50.5. The van der Waals surface area contributed by atoms with E-state index in [9.17, 15) is 13.2 Å². The third-order valence-corrected chi connectivity index (χ3v) is 7.98. The quantitative estimate of drug-likeness (QED) is 0.476. The second-order valence-corrected chi connectivity index (χ2v) is 10.5. The Bertz CT molecular complexity index is 1390. The summed E-state index contributed by atoms with van der Waals surface area (Å²) in [7, 11) is 0.615. The van der Waals surface area contributed by atoms with Crippen LogP contribution in [0.3, 0.4) is 0 Å². The Morgan fingerprint density at radius 2 is 1.65 bits per heavy atom. The first kappa shape index (κ1) is 26.2. The van der Waals surface area contributed by atoms with Crippen molar-refractivity contribution in [2.75, 3.05) is 32.2 Å². The van der Waals surface area contributed by atoms with Gasteiger partial charge in [-0.25, -0.2) is 8.42 Å². The summed E-state index contributed by atoms with van der Waals surface area (Å²) in [5, 5.41) is 2.93. The number of anilines is 1. The number of nitrogens with zero attached hydrogens (tertiary/aromatic N) is 1. The van der Waals surface area contributed by atoms with Crippen LogP contribution in [0, 0.1) is 6.92 Å². The summed E-state index contributed by atoms with van der Waals surface area (Å²) in [6, 6.07) is 16.2. The number of carbonyl (C=O) groups excluding carboxylic acids is 1. The predicted molar refractivity (Wildman–Crippen MR) is 139 cm³/mol. The van der Waals surface area contributed by atoms with Crippen LogP contribution in [0.2, 0.25) is 0 Å². The van der Waals surface area contributed by atoms with Gasteiger partial charge in [-0.15, -0.1) is 0 Å². The van der Waals surface area contributed by atoms with Crippen molar-refractivity contribution in [2.24, 2.45) is 0 Å². The average molecular weight is 527 g/mol. The first-order chi connectivity index (χ1) is 17.7. The Hall–Kier alpha value is -3.92. The first-order valence-corrected chi connectivity index (χ1v) is 13.1. The maximum atomic E-state index is 13.7. The van der Waals surface area contributed by atoms with E-state index in [1.54, 1.807) is 62.8 Å². The highest BCUT2D eigenvalue weighted by Crippen LogP contribution is 2.38. The minimum Gasteiger partial charge on any atom is -0.497 e. The van der Waals surface area contributed by atoms with Gasteiger partial charge in [0.05, 0.1) is 44.5 Å². The van der Waals surface area contributed by atoms with Crippen LogP contribution in [0.5, 0.6) is 23.0 Å². The first-order valence-electron chi connectivity index (χ1n) is 11.6. The number of methoxy groups -OCH3 is 3. The SMILES string of the molecule is COc1ccc(S(=O)(=O)N2C[C@H](C(=O)N[C@@H](C)c3cc(OC)ccc3OC)Oc3cc(C)ccc32)cc1. The van der Waals surface area contributed by atoms with E-state index in [1.807, 2.05) is 13.8 Å². The van der Waals surface area contributed by atoms with Gasteiger partial charge in [0.1, 0.15) is 23.0 Å². The minimum absolute atomic E-state index is 0.0790. The van der Waals surface area contributed by atoms with Crippen molar-refractivity contribution in [3.05, 3.63) is 71.8 Å². The molecule has 0 spiro atoms. The van der Waals surface area contributed by atoms with Crippen molar-refractivity contribution >= 4 is 21.6 Å². The highest BCUT2D eigenvalue weighted by Gasteiger charge is 2.38. The zero-order chi connectivity index (χ0) is 26.7. The van der Waals surface area contributed by atoms with Crippen molar-refractivity contribution in [1.29, 1.82) is 0 Å². The molecule has 1 heterocycles. The van der Waals surface area contributed by atoms with E-state index in [0.29, 0.717) is 34.2 Å². The largest absolute Gasteiger partial charge is 0.497 e. The van der Waals surface area contributed by atoms with Crippen LogP contribution >= 0.6 is 0 Å². The molecule has 1 amide bonds. The Morgan fingerprint density at radius 1 is 0.973 bits per heavy atom. The standard InChI is InChI=1S/C27H30N2O7S/c1-17-6-12-23-25(14-17)36-26(16-29(23)37(31,32)21-10-7-19(33-3)8-11-21)27(30)28-18(2)22-15-20(34-4)9-13-24(22)35-5/h6-15,18,26H,16H2,1-5H3,(H,28,30)/t18-,26+/m0/s1. The lowest BCUT2D eigenvalue weighted by molar-refractivity contribution is -0.128. The molecule has 2 atom stereocenters. The monoisotopic (exact) mass is 526 g/mol. The number of fused-ring (bicyclic) bond motifs is 1. The van der Waals surface area contributed by atoms with Gasteiger partial charge < -0.3 is 24.3 Å². The lowest BCUT2D eigenvalue weighted by Crippen LogP contribution is -2.51. The molecule has 1 aliphatic rings. The molecule has 196 valence electrons. The Balaban J connectivity index is 1.64. The van der Waals surface area contributed by atoms with Gasteiger partial charge in [-0.1, -0.05) is 6.07 Å². The number of rotatable bonds is 8. The molecule has 0 saturated heterocycles. The number of carbonyl (C=O) groups is 1. The van der Waals surface area contributed by atoms with Crippen LogP contribution in [0.1, 0.15) is 24.1 Å². The lowest BCUT2D eigenvalue weighted by Gasteiger charge is -2.35. The molecule has 3 aromatic carbocycles. The summed E-state index contributed by atoms with van der Waals surface area (Å²) in [6.45, 7) is 3.48. The van der Waals surface area contributed by atoms with E-state index in [1.165, 1.54) is 23.5 Å². The molecule has 9 nitrogen and oxygen atoms in total. The molecule has 0 unspecified atom stereocenters. The topological polar surface area (TPSA) is 103 Å². The smallest absolute Gasteiger partial charge is 0.264 e. The van der Waals surface area contributed by atoms with Crippen LogP contribution in [0.4, 0.5) is 5.69 Å². The van der Waals surface area contributed by atoms with Crippen molar-refractivity contribution in [3.63, 3.8) is 0 Å². The van der Waals surface area contributed by atoms with E-state index < -0.39 is 28.1 Å². The fourth-order valence-electron chi connectivity index (χ4n) is 4.16. The van der Waals surface area contributed by atoms with Gasteiger partial charge in [-0.2, -0.15) is 0 Å². The number of benzene rings is 3. The van der Waals surface area contributed by atoms with Crippen LogP contribution in [0.15, 0.2) is 65.6 Å². The predicted octanol–water partition coefficient (Wildman–Crippen LogP) is 3.85. The summed E-state index contributed by atoms with van der Waals surface area (Å²) in [5.41, 5.74) is 1.95. The van der Waals surface area contributed by atoms with E-state index >= 15 is 0 Å². The van der Waals surface area contributed by atoms with Crippen molar-refractivity contribution in [3.8, 4) is 23.0 Å². The van der Waals surface area contributed by atoms with Crippen LogP contribution in [0.25, 0.3) is 0 Å². The third kappa shape index (κ3) is 5.29. The van der Waals surface area contributed by atoms with Crippen molar-refractivity contribution in [1.82, 2.24) is 5.32 Å². The number of sulfonamides is 1. The second-order valence-electron chi connectivity index (χ2n) is 8.63. The van der Waals surface area contributed by atoms with Crippen molar-refractivity contribution in [2.45, 2.75) is 30.9 Å². The van der Waals surface area contributed by atoms with Crippen LogP contribution < -0.4 is 28.6 Å². The van der Waals surface area contributed by atoms with Gasteiger partial charge in [-0.3, -0.25) is 9.10 Å². The molecule has 4 rings (SSSR count). The van der Waals surface area contributed by atoms with Gasteiger partial charge in [-0.05, 0) is 74.0 Å². The summed E-state index contributed by atoms with van der Waals surface area (Å²) >= 11 is 0. The van der Waals surface area contributed by atoms with Crippen LogP contribution in [-0.2, 0) is 14.8 Å². The normalized spacial score (nSPS) is 15.7. The molecule has 1 N–H and O–H groups in total. The number of hydrogen-bond donors (Lipinski definition) is 1. The summed E-state index contributed by atoms with van der Waals surface area (Å²) in [5.74, 6) is 1.60. The summed E-state index contributed by atoms with van der Waals surface area (Å²) in [4.78, 5) is 13.5. The summed E-state index contributed by atoms with van der Waals surface area (Å²) in [6.07, 6.45) is -1.08. The maximum absolute atomic E-state index is 13.7. The van der Waals surface area contributed by atoms with E-state index in [0.717, 1.165) is 5.56 Å². The zero-order valence-electron chi connectivity index (χ0n) is 21.3. The van der Waals surface area contributed by atoms with Gasteiger partial charge in [0.2, 0.25) is 0 Å². The molecule has 37 heavy (non-hydrogen) atoms. The Morgan fingerprint density at radius 3 is 2.30 bits per heavy atom. The average Bonchev–Trinajstić information content (AvgIpc) is 2.91. The molecule has 10 heteroatoms. The molecular weight excluding hydrogens is 496 g/mol.